The molecular weight excluding hydrogens is 332 g/mol. The van der Waals surface area contributed by atoms with Crippen LogP contribution in [-0.2, 0) is 9.59 Å². The number of carboxylic acid groups (broad SMARTS) is 1. The van der Waals surface area contributed by atoms with E-state index in [4.69, 9.17) is 4.74 Å². The second kappa shape index (κ2) is 7.27. The predicted molar refractivity (Wildman–Crippen MR) is 98.3 cm³/mol. The molecule has 1 atom stereocenters. The van der Waals surface area contributed by atoms with E-state index in [9.17, 15) is 14.7 Å². The van der Waals surface area contributed by atoms with Gasteiger partial charge in [0, 0.05) is 33.1 Å². The van der Waals surface area contributed by atoms with Crippen LogP contribution >= 0.6 is 0 Å². The third kappa shape index (κ3) is 3.43. The number of aryl methyl sites for hydroxylation is 2. The van der Waals surface area contributed by atoms with Crippen LogP contribution in [-0.4, -0.2) is 65.6 Å². The number of piperidine rings is 1. The number of carbonyl (C=O) groups is 2. The highest BCUT2D eigenvalue weighted by Crippen LogP contribution is 2.42. The van der Waals surface area contributed by atoms with Crippen molar-refractivity contribution in [3.05, 3.63) is 29.3 Å². The summed E-state index contributed by atoms with van der Waals surface area (Å²) in [5, 5.41) is 9.53. The normalized spacial score (nSPS) is 22.8. The number of carbonyl (C=O) groups excluding carboxylic acids is 1. The molecule has 6 heteroatoms. The Balaban J connectivity index is 1.52. The largest absolute Gasteiger partial charge is 0.492 e. The molecule has 2 saturated heterocycles. The van der Waals surface area contributed by atoms with E-state index >= 15 is 0 Å². The van der Waals surface area contributed by atoms with Crippen molar-refractivity contribution in [2.75, 3.05) is 33.3 Å². The van der Waals surface area contributed by atoms with E-state index in [0.717, 1.165) is 25.4 Å². The van der Waals surface area contributed by atoms with Gasteiger partial charge in [-0.05, 0) is 49.9 Å². The molecule has 2 heterocycles. The van der Waals surface area contributed by atoms with Crippen molar-refractivity contribution in [3.63, 3.8) is 0 Å². The standard InChI is InChI=1S/C20H28N2O4/c1-14-4-5-16(12-15(14)2)26-11-10-22-8-6-20(7-9-22)17(19(24)25)13-18(23)21(20)3/h4-5,12,17H,6-11,13H2,1-3H3,(H,24,25)/t17-/m1/s1. The highest BCUT2D eigenvalue weighted by atomic mass is 16.5. The van der Waals surface area contributed by atoms with Gasteiger partial charge in [-0.1, -0.05) is 6.07 Å². The SMILES string of the molecule is Cc1ccc(OCCN2CCC3(CC2)[C@@H](C(=O)O)CC(=O)N3C)cc1C. The second-order valence-corrected chi connectivity index (χ2v) is 7.59. The molecule has 2 fully saturated rings. The fourth-order valence-corrected chi connectivity index (χ4v) is 4.24. The molecule has 142 valence electrons. The van der Waals surface area contributed by atoms with Crippen LogP contribution in [0.5, 0.6) is 5.75 Å². The van der Waals surface area contributed by atoms with Crippen LogP contribution in [0.4, 0.5) is 0 Å². The lowest BCUT2D eigenvalue weighted by atomic mass is 9.77. The number of hydrogen-bond acceptors (Lipinski definition) is 4. The number of likely N-dealkylation sites (tertiary alicyclic amines) is 2. The number of rotatable bonds is 5. The van der Waals surface area contributed by atoms with Crippen molar-refractivity contribution >= 4 is 11.9 Å². The lowest BCUT2D eigenvalue weighted by Gasteiger charge is -2.45. The van der Waals surface area contributed by atoms with Crippen molar-refractivity contribution in [3.8, 4) is 5.75 Å². The minimum Gasteiger partial charge on any atom is -0.492 e. The van der Waals surface area contributed by atoms with Gasteiger partial charge in [-0.2, -0.15) is 0 Å². The molecule has 1 aromatic rings. The summed E-state index contributed by atoms with van der Waals surface area (Å²) in [7, 11) is 1.75. The molecule has 1 N–H and O–H groups in total. The Hall–Kier alpha value is -2.08. The molecule has 0 saturated carbocycles. The van der Waals surface area contributed by atoms with Gasteiger partial charge in [-0.25, -0.2) is 0 Å². The first kappa shape index (κ1) is 18.7. The minimum atomic E-state index is -0.853. The molecule has 1 aromatic carbocycles. The zero-order valence-corrected chi connectivity index (χ0v) is 15.8. The number of ether oxygens (including phenoxy) is 1. The van der Waals surface area contributed by atoms with Crippen LogP contribution in [0.1, 0.15) is 30.4 Å². The third-order valence-corrected chi connectivity index (χ3v) is 6.24. The van der Waals surface area contributed by atoms with Gasteiger partial charge in [-0.15, -0.1) is 0 Å². The summed E-state index contributed by atoms with van der Waals surface area (Å²) in [6.45, 7) is 7.14. The molecule has 3 rings (SSSR count). The van der Waals surface area contributed by atoms with E-state index in [0.29, 0.717) is 19.4 Å². The maximum absolute atomic E-state index is 12.1. The summed E-state index contributed by atoms with van der Waals surface area (Å²) in [5.74, 6) is -0.610. The van der Waals surface area contributed by atoms with Crippen molar-refractivity contribution in [2.45, 2.75) is 38.6 Å². The zero-order valence-electron chi connectivity index (χ0n) is 15.8. The van der Waals surface area contributed by atoms with E-state index in [1.807, 2.05) is 6.07 Å². The summed E-state index contributed by atoms with van der Waals surface area (Å²) in [5.41, 5.74) is 1.95. The first-order valence-corrected chi connectivity index (χ1v) is 9.25. The van der Waals surface area contributed by atoms with Crippen LogP contribution in [0, 0.1) is 19.8 Å². The van der Waals surface area contributed by atoms with Crippen molar-refractivity contribution in [1.82, 2.24) is 9.80 Å². The van der Waals surface area contributed by atoms with Gasteiger partial charge in [0.15, 0.2) is 0 Å². The fraction of sp³-hybridized carbons (Fsp3) is 0.600. The minimum absolute atomic E-state index is 0.0519. The average Bonchev–Trinajstić information content (AvgIpc) is 2.85. The van der Waals surface area contributed by atoms with Crippen LogP contribution in [0.3, 0.4) is 0 Å². The first-order chi connectivity index (χ1) is 12.3. The van der Waals surface area contributed by atoms with Gasteiger partial charge in [0.1, 0.15) is 12.4 Å². The average molecular weight is 360 g/mol. The molecule has 0 radical (unpaired) electrons. The predicted octanol–water partition coefficient (Wildman–Crippen LogP) is 2.08. The van der Waals surface area contributed by atoms with E-state index in [1.165, 1.54) is 11.1 Å². The zero-order chi connectivity index (χ0) is 18.9. The summed E-state index contributed by atoms with van der Waals surface area (Å²) < 4.78 is 5.86. The summed E-state index contributed by atoms with van der Waals surface area (Å²) in [4.78, 5) is 27.7. The third-order valence-electron chi connectivity index (χ3n) is 6.24. The highest BCUT2D eigenvalue weighted by molar-refractivity contribution is 5.88. The summed E-state index contributed by atoms with van der Waals surface area (Å²) in [6, 6.07) is 6.11. The maximum atomic E-state index is 12.1. The van der Waals surface area contributed by atoms with Crippen LogP contribution in [0.25, 0.3) is 0 Å². The Morgan fingerprint density at radius 2 is 1.96 bits per heavy atom. The Morgan fingerprint density at radius 1 is 1.27 bits per heavy atom. The Bertz CT molecular complexity index is 695. The van der Waals surface area contributed by atoms with Gasteiger partial charge in [0.05, 0.1) is 11.5 Å². The molecular formula is C20H28N2O4. The Labute approximate surface area is 154 Å². The highest BCUT2D eigenvalue weighted by Gasteiger charge is 2.55. The fourth-order valence-electron chi connectivity index (χ4n) is 4.24. The van der Waals surface area contributed by atoms with Crippen LogP contribution in [0.2, 0.25) is 0 Å². The topological polar surface area (TPSA) is 70.1 Å². The number of benzene rings is 1. The number of nitrogens with zero attached hydrogens (tertiary/aromatic N) is 2. The van der Waals surface area contributed by atoms with Gasteiger partial charge in [-0.3, -0.25) is 14.5 Å². The molecule has 6 nitrogen and oxygen atoms in total. The molecule has 1 spiro atoms. The Morgan fingerprint density at radius 3 is 2.58 bits per heavy atom. The monoisotopic (exact) mass is 360 g/mol. The number of carboxylic acids is 1. The molecule has 0 aliphatic carbocycles. The second-order valence-electron chi connectivity index (χ2n) is 7.59. The number of hydrogen-bond donors (Lipinski definition) is 1. The van der Waals surface area contributed by atoms with Crippen molar-refractivity contribution < 1.29 is 19.4 Å². The number of amides is 1. The maximum Gasteiger partial charge on any atom is 0.309 e. The van der Waals surface area contributed by atoms with E-state index in [-0.39, 0.29) is 12.3 Å². The van der Waals surface area contributed by atoms with Gasteiger partial charge in [0.25, 0.3) is 0 Å². The molecule has 2 aliphatic heterocycles. The molecule has 26 heavy (non-hydrogen) atoms. The van der Waals surface area contributed by atoms with Crippen molar-refractivity contribution in [2.24, 2.45) is 5.92 Å². The molecule has 1 amide bonds. The van der Waals surface area contributed by atoms with Gasteiger partial charge >= 0.3 is 5.97 Å². The van der Waals surface area contributed by atoms with Gasteiger partial charge in [0.2, 0.25) is 5.91 Å². The lowest BCUT2D eigenvalue weighted by Crippen LogP contribution is -2.56. The Kier molecular flexibility index (Phi) is 5.23. The summed E-state index contributed by atoms with van der Waals surface area (Å²) in [6.07, 6.45) is 1.54. The summed E-state index contributed by atoms with van der Waals surface area (Å²) >= 11 is 0. The van der Waals surface area contributed by atoms with Crippen LogP contribution < -0.4 is 4.74 Å². The lowest BCUT2D eigenvalue weighted by molar-refractivity contribution is -0.146. The molecule has 2 aliphatic rings. The van der Waals surface area contributed by atoms with E-state index in [1.54, 1.807) is 11.9 Å². The quantitative estimate of drug-likeness (QED) is 0.871. The van der Waals surface area contributed by atoms with Gasteiger partial charge < -0.3 is 14.7 Å². The van der Waals surface area contributed by atoms with Crippen LogP contribution in [0.15, 0.2) is 18.2 Å². The first-order valence-electron chi connectivity index (χ1n) is 9.25. The van der Waals surface area contributed by atoms with E-state index < -0.39 is 17.4 Å². The van der Waals surface area contributed by atoms with Crippen molar-refractivity contribution in [1.29, 1.82) is 0 Å². The number of aliphatic carboxylic acids is 1. The molecule has 0 unspecified atom stereocenters. The van der Waals surface area contributed by atoms with E-state index in [2.05, 4.69) is 30.9 Å². The molecule has 0 bridgehead atoms. The molecule has 0 aromatic heterocycles. The smallest absolute Gasteiger partial charge is 0.309 e.